The molecule has 3 atom stereocenters. The van der Waals surface area contributed by atoms with Crippen LogP contribution >= 0.6 is 11.8 Å². The van der Waals surface area contributed by atoms with Crippen LogP contribution in [0.3, 0.4) is 0 Å². The van der Waals surface area contributed by atoms with E-state index in [1.807, 2.05) is 0 Å². The van der Waals surface area contributed by atoms with Gasteiger partial charge in [-0.3, -0.25) is 24.6 Å². The number of benzene rings is 1. The van der Waals surface area contributed by atoms with Crippen molar-refractivity contribution in [2.24, 2.45) is 11.5 Å². The molecule has 15 nitrogen and oxygen atoms in total. The van der Waals surface area contributed by atoms with Crippen molar-refractivity contribution in [3.63, 3.8) is 0 Å². The van der Waals surface area contributed by atoms with E-state index < -0.39 is 60.0 Å². The van der Waals surface area contributed by atoms with Crippen LogP contribution in [0, 0.1) is 0 Å². The van der Waals surface area contributed by atoms with Gasteiger partial charge in [-0.2, -0.15) is 0 Å². The molecule has 2 aliphatic rings. The summed E-state index contributed by atoms with van der Waals surface area (Å²) in [5.74, 6) is -3.61. The van der Waals surface area contributed by atoms with Crippen molar-refractivity contribution in [2.75, 3.05) is 24.3 Å². The van der Waals surface area contributed by atoms with Crippen molar-refractivity contribution < 1.29 is 48.5 Å². The average Bonchev–Trinajstić information content (AvgIpc) is 2.84. The average molecular weight is 562 g/mol. The number of carbonyl (C=O) groups excluding carboxylic acids is 4. The maximum absolute atomic E-state index is 12.6. The van der Waals surface area contributed by atoms with Crippen molar-refractivity contribution in [1.82, 2.24) is 10.2 Å². The second kappa shape index (κ2) is 13.5. The summed E-state index contributed by atoms with van der Waals surface area (Å²) in [7, 11) is 0. The number of anilines is 1. The van der Waals surface area contributed by atoms with E-state index in [4.69, 9.17) is 21.3 Å². The standard InChI is InChI=1S/C21H23N5O10S.Na.H/c22-12(18(29)30)7-36-21(34)24-11-3-1-9(2-4-11)5-13(27)25-14-16(28)26-15(19(31)32)10(6-35-20(23)33)8-37-17(14)26;;/h1-4,12,14,17H,5-8,22H2,(H2,23,33)(H,24,34)(H,25,27)(H,29,30)(H,31,32);;/t12-,14-,17-;;/m1../s1. The number of amides is 4. The van der Waals surface area contributed by atoms with Gasteiger partial charge in [0.15, 0.2) is 0 Å². The van der Waals surface area contributed by atoms with Crippen molar-refractivity contribution in [3.8, 4) is 0 Å². The van der Waals surface area contributed by atoms with Crippen molar-refractivity contribution >= 4 is 82.9 Å². The first-order valence-corrected chi connectivity index (χ1v) is 11.7. The van der Waals surface area contributed by atoms with Gasteiger partial charge in [0.25, 0.3) is 5.91 Å². The number of fused-ring (bicyclic) bond motifs is 1. The van der Waals surface area contributed by atoms with Crippen molar-refractivity contribution in [3.05, 3.63) is 41.1 Å². The number of rotatable bonds is 10. The van der Waals surface area contributed by atoms with E-state index in [2.05, 4.69) is 15.4 Å². The maximum atomic E-state index is 12.6. The number of nitrogens with zero attached hydrogens (tertiary/aromatic N) is 1. The molecule has 0 aliphatic carbocycles. The summed E-state index contributed by atoms with van der Waals surface area (Å²) in [6, 6.07) is 3.82. The molecule has 1 aromatic rings. The van der Waals surface area contributed by atoms with E-state index in [0.717, 1.165) is 4.90 Å². The molecule has 8 N–H and O–H groups in total. The Balaban J connectivity index is 0.00000507. The van der Waals surface area contributed by atoms with Gasteiger partial charge in [-0.05, 0) is 17.7 Å². The fourth-order valence-corrected chi connectivity index (χ4v) is 4.79. The van der Waals surface area contributed by atoms with Crippen LogP contribution in [0.15, 0.2) is 35.5 Å². The Labute approximate surface area is 241 Å². The van der Waals surface area contributed by atoms with E-state index in [1.54, 1.807) is 12.1 Å². The van der Waals surface area contributed by atoms with Gasteiger partial charge in [0.1, 0.15) is 36.4 Å². The molecule has 38 heavy (non-hydrogen) atoms. The van der Waals surface area contributed by atoms with Gasteiger partial charge in [-0.1, -0.05) is 12.1 Å². The minimum absolute atomic E-state index is 0. The Morgan fingerprint density at radius 2 is 1.79 bits per heavy atom. The number of carboxylic acids is 2. The summed E-state index contributed by atoms with van der Waals surface area (Å²) in [5.41, 5.74) is 11.0. The molecule has 2 heterocycles. The third kappa shape index (κ3) is 7.61. The second-order valence-corrected chi connectivity index (χ2v) is 8.97. The summed E-state index contributed by atoms with van der Waals surface area (Å²) >= 11 is 1.21. The molecule has 0 saturated carbocycles. The number of thioether (sulfide) groups is 1. The first-order valence-electron chi connectivity index (χ1n) is 10.6. The van der Waals surface area contributed by atoms with Gasteiger partial charge in [-0.15, -0.1) is 11.8 Å². The van der Waals surface area contributed by atoms with Crippen molar-refractivity contribution in [1.29, 1.82) is 0 Å². The number of ether oxygens (including phenoxy) is 2. The van der Waals surface area contributed by atoms with Crippen molar-refractivity contribution in [2.45, 2.75) is 23.9 Å². The summed E-state index contributed by atoms with van der Waals surface area (Å²) in [5, 5.41) is 22.6. The van der Waals surface area contributed by atoms with Crippen LogP contribution in [0.4, 0.5) is 15.3 Å². The number of aliphatic carboxylic acids is 2. The van der Waals surface area contributed by atoms with E-state index >= 15 is 0 Å². The summed E-state index contributed by atoms with van der Waals surface area (Å²) < 4.78 is 9.37. The molecule has 0 bridgehead atoms. The van der Waals surface area contributed by atoms with Crippen LogP contribution in [-0.2, 0) is 35.1 Å². The molecule has 0 radical (unpaired) electrons. The number of nitrogens with one attached hydrogen (secondary N) is 2. The number of hydrogen-bond acceptors (Lipinski definition) is 10. The second-order valence-electron chi connectivity index (χ2n) is 7.86. The molecule has 0 aromatic heterocycles. The number of hydrogen-bond donors (Lipinski definition) is 6. The van der Waals surface area contributed by atoms with Gasteiger partial charge in [0, 0.05) is 17.0 Å². The zero-order valence-electron chi connectivity index (χ0n) is 19.0. The third-order valence-electron chi connectivity index (χ3n) is 5.23. The first-order chi connectivity index (χ1) is 17.5. The monoisotopic (exact) mass is 561 g/mol. The Hall–Kier alpha value is -3.31. The Bertz CT molecular complexity index is 1160. The SMILES string of the molecule is NC(=O)OCC1=C(C(=O)O)N2C(=O)[C@@H](NC(=O)Cc3ccc(NC(=O)OC[C@@H](N)C(=O)O)cc3)[C@H]2SC1.[NaH]. The molecule has 1 fully saturated rings. The minimum atomic E-state index is -1.37. The molecule has 3 rings (SSSR count). The molecule has 1 saturated heterocycles. The Morgan fingerprint density at radius 3 is 2.37 bits per heavy atom. The molecule has 1 aromatic carbocycles. The molecule has 200 valence electrons. The summed E-state index contributed by atoms with van der Waals surface area (Å²) in [6.45, 7) is -0.877. The van der Waals surface area contributed by atoms with Gasteiger partial charge in [-0.25, -0.2) is 14.4 Å². The van der Waals surface area contributed by atoms with Crippen LogP contribution in [0.5, 0.6) is 0 Å². The normalized spacial score (nSPS) is 18.7. The van der Waals surface area contributed by atoms with Crippen LogP contribution in [0.25, 0.3) is 0 Å². The molecular formula is C21H24N5NaO10S. The fourth-order valence-electron chi connectivity index (χ4n) is 3.46. The predicted molar refractivity (Wildman–Crippen MR) is 133 cm³/mol. The zero-order chi connectivity index (χ0) is 27.3. The van der Waals surface area contributed by atoms with E-state index in [1.165, 1.54) is 23.9 Å². The molecule has 2 aliphatic heterocycles. The molecular weight excluding hydrogens is 537 g/mol. The quantitative estimate of drug-likeness (QED) is 0.139. The molecule has 4 amide bonds. The van der Waals surface area contributed by atoms with Gasteiger partial charge in [0.05, 0.1) is 6.42 Å². The van der Waals surface area contributed by atoms with Crippen LogP contribution in [0.1, 0.15) is 5.56 Å². The van der Waals surface area contributed by atoms with E-state index in [9.17, 15) is 33.9 Å². The molecule has 0 unspecified atom stereocenters. The first kappa shape index (κ1) is 30.9. The number of primary amides is 1. The number of β-lactam (4-membered cyclic amide) rings is 1. The topological polar surface area (TPSA) is 241 Å². The number of nitrogens with two attached hydrogens (primary N) is 2. The van der Waals surface area contributed by atoms with Crippen LogP contribution < -0.4 is 22.1 Å². The van der Waals surface area contributed by atoms with E-state index in [0.29, 0.717) is 11.3 Å². The van der Waals surface area contributed by atoms with Crippen LogP contribution in [-0.4, -0.2) is 117 Å². The zero-order valence-corrected chi connectivity index (χ0v) is 19.9. The Morgan fingerprint density at radius 1 is 1.13 bits per heavy atom. The summed E-state index contributed by atoms with van der Waals surface area (Å²) in [6.07, 6.45) is -2.08. The predicted octanol–water partition coefficient (Wildman–Crippen LogP) is -1.63. The summed E-state index contributed by atoms with van der Waals surface area (Å²) in [4.78, 5) is 71.1. The van der Waals surface area contributed by atoms with Gasteiger partial charge < -0.3 is 36.5 Å². The molecule has 17 heteroatoms. The fraction of sp³-hybridized carbons (Fsp3) is 0.333. The Kier molecular flexibility index (Phi) is 11.0. The third-order valence-corrected chi connectivity index (χ3v) is 6.57. The van der Waals surface area contributed by atoms with Gasteiger partial charge in [0.2, 0.25) is 5.91 Å². The number of carboxylic acid groups (broad SMARTS) is 2. The van der Waals surface area contributed by atoms with Gasteiger partial charge >= 0.3 is 53.7 Å². The van der Waals surface area contributed by atoms with E-state index in [-0.39, 0.29) is 59.6 Å². The number of carbonyl (C=O) groups is 6. The van der Waals surface area contributed by atoms with Crippen LogP contribution in [0.2, 0.25) is 0 Å². The molecule has 0 spiro atoms.